The molecule has 0 fully saturated rings. The molecule has 1 aromatic heterocycles. The van der Waals surface area contributed by atoms with Crippen molar-refractivity contribution < 1.29 is 9.84 Å². The molecule has 1 aromatic carbocycles. The summed E-state index contributed by atoms with van der Waals surface area (Å²) in [6.45, 7) is 0. The molecule has 0 aliphatic rings. The van der Waals surface area contributed by atoms with E-state index in [9.17, 15) is 10.4 Å². The van der Waals surface area contributed by atoms with Crippen molar-refractivity contribution >= 4 is 0 Å². The number of nitriles is 1. The summed E-state index contributed by atoms with van der Waals surface area (Å²) in [6, 6.07) is 11.0. The van der Waals surface area contributed by atoms with E-state index in [4.69, 9.17) is 4.74 Å². The van der Waals surface area contributed by atoms with Crippen LogP contribution in [-0.2, 0) is 0 Å². The number of pyridine rings is 1. The molecule has 0 amide bonds. The Hall–Kier alpha value is -2.54. The Labute approximate surface area is 105 Å². The van der Waals surface area contributed by atoms with E-state index < -0.39 is 5.92 Å². The summed E-state index contributed by atoms with van der Waals surface area (Å²) in [5, 5.41) is 18.7. The van der Waals surface area contributed by atoms with Crippen LogP contribution in [0.2, 0.25) is 0 Å². The van der Waals surface area contributed by atoms with Crippen LogP contribution in [0.5, 0.6) is 11.5 Å². The van der Waals surface area contributed by atoms with E-state index in [0.29, 0.717) is 5.56 Å². The summed E-state index contributed by atoms with van der Waals surface area (Å²) in [6.07, 6.45) is 2.92. The highest BCUT2D eigenvalue weighted by molar-refractivity contribution is 5.41. The van der Waals surface area contributed by atoms with Gasteiger partial charge in [-0.3, -0.25) is 4.98 Å². The van der Waals surface area contributed by atoms with Crippen LogP contribution in [0.4, 0.5) is 0 Å². The number of aromatic hydroxyl groups is 1. The lowest BCUT2D eigenvalue weighted by molar-refractivity contribution is 0.414. The quantitative estimate of drug-likeness (QED) is 0.894. The van der Waals surface area contributed by atoms with Gasteiger partial charge in [-0.15, -0.1) is 0 Å². The van der Waals surface area contributed by atoms with Crippen LogP contribution in [-0.4, -0.2) is 17.2 Å². The minimum atomic E-state index is -0.449. The summed E-state index contributed by atoms with van der Waals surface area (Å²) in [5.41, 5.74) is 1.51. The van der Waals surface area contributed by atoms with Crippen LogP contribution in [0.1, 0.15) is 17.0 Å². The molecule has 4 heteroatoms. The molecule has 0 bridgehead atoms. The molecular formula is C14H12N2O2. The number of nitrogens with zero attached hydrogens (tertiary/aromatic N) is 2. The Bertz CT molecular complexity index is 573. The molecule has 0 saturated carbocycles. The van der Waals surface area contributed by atoms with E-state index in [-0.39, 0.29) is 5.75 Å². The second kappa shape index (κ2) is 5.19. The van der Waals surface area contributed by atoms with Crippen LogP contribution in [0, 0.1) is 11.3 Å². The van der Waals surface area contributed by atoms with Crippen molar-refractivity contribution in [1.29, 1.82) is 5.26 Å². The standard InChI is InChI=1S/C14H12N2O2/c1-18-13-4-2-10(3-5-13)14(7-15)11-6-12(17)9-16-8-11/h2-6,8-9,14,17H,1H3. The Balaban J connectivity index is 2.36. The second-order valence-corrected chi connectivity index (χ2v) is 3.81. The molecule has 0 aliphatic heterocycles. The first-order valence-electron chi connectivity index (χ1n) is 5.42. The molecular weight excluding hydrogens is 228 g/mol. The summed E-state index contributed by atoms with van der Waals surface area (Å²) < 4.78 is 5.07. The minimum absolute atomic E-state index is 0.0567. The molecule has 4 nitrogen and oxygen atoms in total. The third-order valence-corrected chi connectivity index (χ3v) is 2.66. The Morgan fingerprint density at radius 3 is 2.50 bits per heavy atom. The van der Waals surface area contributed by atoms with Crippen molar-refractivity contribution in [1.82, 2.24) is 4.98 Å². The van der Waals surface area contributed by atoms with Gasteiger partial charge in [0.05, 0.1) is 25.3 Å². The summed E-state index contributed by atoms with van der Waals surface area (Å²) in [7, 11) is 1.59. The summed E-state index contributed by atoms with van der Waals surface area (Å²) in [4.78, 5) is 3.89. The van der Waals surface area contributed by atoms with Gasteiger partial charge < -0.3 is 9.84 Å². The van der Waals surface area contributed by atoms with E-state index in [0.717, 1.165) is 11.3 Å². The fourth-order valence-electron chi connectivity index (χ4n) is 1.74. The van der Waals surface area contributed by atoms with Crippen LogP contribution in [0.25, 0.3) is 0 Å². The van der Waals surface area contributed by atoms with Crippen LogP contribution < -0.4 is 4.74 Å². The zero-order valence-corrected chi connectivity index (χ0v) is 9.87. The van der Waals surface area contributed by atoms with E-state index in [2.05, 4.69) is 11.1 Å². The highest BCUT2D eigenvalue weighted by Gasteiger charge is 2.14. The van der Waals surface area contributed by atoms with Crippen molar-refractivity contribution in [3.63, 3.8) is 0 Å². The van der Waals surface area contributed by atoms with Gasteiger partial charge in [0.15, 0.2) is 0 Å². The molecule has 0 saturated heterocycles. The predicted octanol–water partition coefficient (Wildman–Crippen LogP) is 2.45. The molecule has 2 rings (SSSR count). The zero-order chi connectivity index (χ0) is 13.0. The SMILES string of the molecule is COc1ccc(C(C#N)c2cncc(O)c2)cc1. The third-order valence-electron chi connectivity index (χ3n) is 2.66. The van der Waals surface area contributed by atoms with Gasteiger partial charge >= 0.3 is 0 Å². The Morgan fingerprint density at radius 1 is 1.22 bits per heavy atom. The van der Waals surface area contributed by atoms with Gasteiger partial charge in [0.1, 0.15) is 11.5 Å². The number of methoxy groups -OCH3 is 1. The third kappa shape index (κ3) is 2.41. The van der Waals surface area contributed by atoms with Crippen molar-refractivity contribution in [2.75, 3.05) is 7.11 Å². The first-order chi connectivity index (χ1) is 8.74. The van der Waals surface area contributed by atoms with E-state index in [1.165, 1.54) is 6.20 Å². The second-order valence-electron chi connectivity index (χ2n) is 3.81. The molecule has 1 unspecified atom stereocenters. The first-order valence-corrected chi connectivity index (χ1v) is 5.42. The van der Waals surface area contributed by atoms with Crippen molar-refractivity contribution in [2.45, 2.75) is 5.92 Å². The topological polar surface area (TPSA) is 66.1 Å². The van der Waals surface area contributed by atoms with Crippen molar-refractivity contribution in [2.24, 2.45) is 0 Å². The van der Waals surface area contributed by atoms with Gasteiger partial charge in [0.25, 0.3) is 0 Å². The Kier molecular flexibility index (Phi) is 3.44. The number of rotatable bonds is 3. The van der Waals surface area contributed by atoms with Gasteiger partial charge in [0.2, 0.25) is 0 Å². The fourth-order valence-corrected chi connectivity index (χ4v) is 1.74. The lowest BCUT2D eigenvalue weighted by Crippen LogP contribution is -1.98. The predicted molar refractivity (Wildman–Crippen MR) is 66.4 cm³/mol. The maximum Gasteiger partial charge on any atom is 0.134 e. The van der Waals surface area contributed by atoms with Crippen LogP contribution >= 0.6 is 0 Å². The lowest BCUT2D eigenvalue weighted by atomic mass is 9.94. The van der Waals surface area contributed by atoms with Gasteiger partial charge in [-0.1, -0.05) is 12.1 Å². The average Bonchev–Trinajstić information content (AvgIpc) is 2.40. The zero-order valence-electron chi connectivity index (χ0n) is 9.87. The van der Waals surface area contributed by atoms with Gasteiger partial charge in [-0.2, -0.15) is 5.26 Å². The van der Waals surface area contributed by atoms with Gasteiger partial charge in [-0.25, -0.2) is 0 Å². The van der Waals surface area contributed by atoms with Crippen LogP contribution in [0.3, 0.4) is 0 Å². The maximum atomic E-state index is 9.39. The highest BCUT2D eigenvalue weighted by atomic mass is 16.5. The molecule has 0 aliphatic carbocycles. The minimum Gasteiger partial charge on any atom is -0.506 e. The maximum absolute atomic E-state index is 9.39. The van der Waals surface area contributed by atoms with Crippen LogP contribution in [0.15, 0.2) is 42.7 Å². The van der Waals surface area contributed by atoms with Gasteiger partial charge in [-0.05, 0) is 29.3 Å². The summed E-state index contributed by atoms with van der Waals surface area (Å²) in [5.74, 6) is 0.348. The van der Waals surface area contributed by atoms with Crippen molar-refractivity contribution in [3.05, 3.63) is 53.9 Å². The van der Waals surface area contributed by atoms with E-state index in [1.807, 2.05) is 12.1 Å². The molecule has 90 valence electrons. The number of hydrogen-bond donors (Lipinski definition) is 1. The highest BCUT2D eigenvalue weighted by Crippen LogP contribution is 2.26. The number of ether oxygens (including phenoxy) is 1. The van der Waals surface area contributed by atoms with E-state index in [1.54, 1.807) is 31.5 Å². The molecule has 0 spiro atoms. The number of aromatic nitrogens is 1. The van der Waals surface area contributed by atoms with E-state index >= 15 is 0 Å². The monoisotopic (exact) mass is 240 g/mol. The molecule has 18 heavy (non-hydrogen) atoms. The van der Waals surface area contributed by atoms with Crippen molar-refractivity contribution in [3.8, 4) is 17.6 Å². The van der Waals surface area contributed by atoms with Gasteiger partial charge in [0, 0.05) is 6.20 Å². The molecule has 1 N–H and O–H groups in total. The first kappa shape index (κ1) is 11.9. The fraction of sp³-hybridized carbons (Fsp3) is 0.143. The Morgan fingerprint density at radius 2 is 1.94 bits per heavy atom. The largest absolute Gasteiger partial charge is 0.506 e. The number of hydrogen-bond acceptors (Lipinski definition) is 4. The molecule has 1 heterocycles. The smallest absolute Gasteiger partial charge is 0.134 e. The lowest BCUT2D eigenvalue weighted by Gasteiger charge is -2.10. The normalized spacial score (nSPS) is 11.6. The number of benzene rings is 1. The molecule has 1 atom stereocenters. The molecule has 0 radical (unpaired) electrons. The average molecular weight is 240 g/mol. The molecule has 2 aromatic rings. The summed E-state index contributed by atoms with van der Waals surface area (Å²) >= 11 is 0.